The van der Waals surface area contributed by atoms with Gasteiger partial charge in [0.05, 0.1) is 19.0 Å². The lowest BCUT2D eigenvalue weighted by molar-refractivity contribution is -0.0147. The molecule has 1 fully saturated rings. The molecular formula is C10H14N5O4P. The average Bonchev–Trinajstić information content (AvgIpc) is 3.02. The molecule has 0 radical (unpaired) electrons. The predicted octanol–water partition coefficient (Wildman–Crippen LogP) is -0.103. The van der Waals surface area contributed by atoms with Crippen LogP contribution in [0.1, 0.15) is 19.1 Å². The van der Waals surface area contributed by atoms with Crippen LogP contribution in [-0.2, 0) is 9.26 Å². The van der Waals surface area contributed by atoms with Gasteiger partial charge in [0.15, 0.2) is 20.2 Å². The highest BCUT2D eigenvalue weighted by atomic mass is 31.1. The molecule has 20 heavy (non-hydrogen) atoms. The van der Waals surface area contributed by atoms with E-state index in [9.17, 15) is 4.79 Å². The lowest BCUT2D eigenvalue weighted by Gasteiger charge is -2.14. The van der Waals surface area contributed by atoms with Crippen LogP contribution >= 0.6 is 9.03 Å². The summed E-state index contributed by atoms with van der Waals surface area (Å²) in [6.07, 6.45) is 2.73. The number of nitrogens with one attached hydrogen (secondary N) is 1. The number of fused-ring (bicyclic) bond motifs is 1. The second-order valence-corrected chi connectivity index (χ2v) is 4.94. The molecule has 0 bridgehead atoms. The smallest absolute Gasteiger partial charge is 0.280 e. The first kappa shape index (κ1) is 13.4. The third-order valence-electron chi connectivity index (χ3n) is 3.18. The maximum Gasteiger partial charge on any atom is 0.280 e. The Bertz CT molecular complexity index is 671. The summed E-state index contributed by atoms with van der Waals surface area (Å²) in [5.74, 6) is 0.0450. The van der Waals surface area contributed by atoms with Crippen molar-refractivity contribution in [1.29, 1.82) is 0 Å². The summed E-state index contributed by atoms with van der Waals surface area (Å²) in [5, 5.41) is 0. The number of aromatic nitrogens is 4. The molecule has 4 N–H and O–H groups in total. The number of rotatable bonds is 4. The van der Waals surface area contributed by atoms with Gasteiger partial charge in [-0.3, -0.25) is 14.3 Å². The van der Waals surface area contributed by atoms with Crippen molar-refractivity contribution in [2.75, 3.05) is 12.3 Å². The van der Waals surface area contributed by atoms with E-state index in [-0.39, 0.29) is 29.4 Å². The van der Waals surface area contributed by atoms with Crippen LogP contribution in [0.5, 0.6) is 0 Å². The normalized spacial score (nSPS) is 23.2. The summed E-state index contributed by atoms with van der Waals surface area (Å²) in [7, 11) is -0.543. The number of H-pyrrole nitrogens is 1. The number of hydrogen-bond acceptors (Lipinski definition) is 7. The Morgan fingerprint density at radius 3 is 3.30 bits per heavy atom. The number of nitrogens with two attached hydrogens (primary N) is 1. The van der Waals surface area contributed by atoms with Gasteiger partial charge in [-0.25, -0.2) is 4.98 Å². The second-order valence-electron chi connectivity index (χ2n) is 4.47. The summed E-state index contributed by atoms with van der Waals surface area (Å²) < 4.78 is 12.4. The van der Waals surface area contributed by atoms with E-state index >= 15 is 0 Å². The number of aromatic amines is 1. The van der Waals surface area contributed by atoms with Gasteiger partial charge in [-0.1, -0.05) is 0 Å². The molecule has 0 aliphatic carbocycles. The summed E-state index contributed by atoms with van der Waals surface area (Å²) >= 11 is 0. The molecule has 1 saturated heterocycles. The molecule has 2 aromatic heterocycles. The van der Waals surface area contributed by atoms with Crippen molar-refractivity contribution < 1.29 is 14.2 Å². The quantitative estimate of drug-likeness (QED) is 0.672. The topological polar surface area (TPSA) is 128 Å². The van der Waals surface area contributed by atoms with Gasteiger partial charge < -0.3 is 19.9 Å². The van der Waals surface area contributed by atoms with Crippen molar-refractivity contribution in [2.24, 2.45) is 0 Å². The fourth-order valence-electron chi connectivity index (χ4n) is 2.30. The van der Waals surface area contributed by atoms with Crippen molar-refractivity contribution in [2.45, 2.75) is 25.2 Å². The zero-order chi connectivity index (χ0) is 14.1. The molecular weight excluding hydrogens is 285 g/mol. The maximum absolute atomic E-state index is 11.7. The van der Waals surface area contributed by atoms with Gasteiger partial charge in [-0.2, -0.15) is 4.98 Å². The van der Waals surface area contributed by atoms with Crippen molar-refractivity contribution in [1.82, 2.24) is 19.5 Å². The van der Waals surface area contributed by atoms with Crippen LogP contribution in [0.25, 0.3) is 11.2 Å². The van der Waals surface area contributed by atoms with Gasteiger partial charge in [0.25, 0.3) is 5.56 Å². The highest BCUT2D eigenvalue weighted by Gasteiger charge is 2.28. The van der Waals surface area contributed by atoms with Gasteiger partial charge in [0.2, 0.25) is 5.95 Å². The first-order chi connectivity index (χ1) is 9.69. The maximum atomic E-state index is 11.7. The zero-order valence-electron chi connectivity index (χ0n) is 10.4. The lowest BCUT2D eigenvalue weighted by atomic mass is 10.2. The fraction of sp³-hybridized carbons (Fsp3) is 0.500. The van der Waals surface area contributed by atoms with Crippen LogP contribution in [0.4, 0.5) is 5.95 Å². The lowest BCUT2D eigenvalue weighted by Crippen LogP contribution is -2.16. The van der Waals surface area contributed by atoms with Gasteiger partial charge in [-0.15, -0.1) is 0 Å². The number of nitrogens with zero attached hydrogens (tertiary/aromatic N) is 3. The van der Waals surface area contributed by atoms with Gasteiger partial charge in [0, 0.05) is 0 Å². The van der Waals surface area contributed by atoms with Crippen molar-refractivity contribution in [3.8, 4) is 0 Å². The van der Waals surface area contributed by atoms with Crippen LogP contribution in [0.3, 0.4) is 0 Å². The molecule has 0 amide bonds. The molecule has 1 aliphatic rings. The SMILES string of the molecule is Nc1nc2c(ncn2[C@H]2CC[C@@H](COPO)O2)c(=O)[nH]1. The molecule has 2 aromatic rings. The van der Waals surface area contributed by atoms with Crippen molar-refractivity contribution in [3.05, 3.63) is 16.7 Å². The Morgan fingerprint density at radius 1 is 1.65 bits per heavy atom. The van der Waals surface area contributed by atoms with Crippen LogP contribution in [-0.4, -0.2) is 37.1 Å². The second kappa shape index (κ2) is 5.45. The molecule has 9 nitrogen and oxygen atoms in total. The van der Waals surface area contributed by atoms with E-state index in [1.807, 2.05) is 0 Å². The minimum Gasteiger partial charge on any atom is -0.369 e. The molecule has 0 aromatic carbocycles. The van der Waals surface area contributed by atoms with Crippen molar-refractivity contribution >= 4 is 26.1 Å². The van der Waals surface area contributed by atoms with E-state index in [0.29, 0.717) is 12.3 Å². The Hall–Kier alpha value is -1.54. The predicted molar refractivity (Wildman–Crippen MR) is 72.2 cm³/mol. The Kier molecular flexibility index (Phi) is 3.66. The van der Waals surface area contributed by atoms with Crippen LogP contribution in [0.2, 0.25) is 0 Å². The first-order valence-corrected chi connectivity index (χ1v) is 6.93. The molecule has 3 atom stereocenters. The molecule has 1 unspecified atom stereocenters. The van der Waals surface area contributed by atoms with Gasteiger partial charge >= 0.3 is 0 Å². The number of ether oxygens (including phenoxy) is 1. The van der Waals surface area contributed by atoms with Crippen LogP contribution in [0, 0.1) is 0 Å². The minimum absolute atomic E-state index is 0.0450. The molecule has 3 rings (SSSR count). The fourth-order valence-corrected chi connectivity index (χ4v) is 2.56. The standard InChI is InChI=1S/C10H14N5O4P/c11-10-13-8-7(9(16)14-10)12-4-15(8)6-2-1-5(19-6)3-18-20-17/h4-6,17,20H,1-3H2,(H3,11,13,14,16)/t5-,6+/m0/s1. The Labute approximate surface area is 115 Å². The third-order valence-corrected chi connectivity index (χ3v) is 3.48. The molecule has 3 heterocycles. The molecule has 0 spiro atoms. The highest BCUT2D eigenvalue weighted by molar-refractivity contribution is 7.24. The van der Waals surface area contributed by atoms with Crippen molar-refractivity contribution in [3.63, 3.8) is 0 Å². The summed E-state index contributed by atoms with van der Waals surface area (Å²) in [6.45, 7) is 0.341. The largest absolute Gasteiger partial charge is 0.369 e. The third kappa shape index (κ3) is 2.40. The first-order valence-electron chi connectivity index (χ1n) is 6.07. The van der Waals surface area contributed by atoms with E-state index in [2.05, 4.69) is 15.0 Å². The number of imidazole rings is 1. The Morgan fingerprint density at radius 2 is 2.50 bits per heavy atom. The van der Waals surface area contributed by atoms with E-state index in [0.717, 1.165) is 12.8 Å². The number of anilines is 1. The summed E-state index contributed by atoms with van der Waals surface area (Å²) in [5.41, 5.74) is 5.82. The van der Waals surface area contributed by atoms with Gasteiger partial charge in [-0.05, 0) is 12.8 Å². The van der Waals surface area contributed by atoms with E-state index in [1.165, 1.54) is 6.33 Å². The summed E-state index contributed by atoms with van der Waals surface area (Å²) in [6, 6.07) is 0. The molecule has 108 valence electrons. The summed E-state index contributed by atoms with van der Waals surface area (Å²) in [4.78, 5) is 30.9. The van der Waals surface area contributed by atoms with E-state index in [4.69, 9.17) is 19.9 Å². The van der Waals surface area contributed by atoms with Crippen LogP contribution < -0.4 is 11.3 Å². The average molecular weight is 299 g/mol. The van der Waals surface area contributed by atoms with Gasteiger partial charge in [0.1, 0.15) is 6.23 Å². The molecule has 0 saturated carbocycles. The number of nitrogen functional groups attached to an aromatic ring is 1. The van der Waals surface area contributed by atoms with Crippen LogP contribution in [0.15, 0.2) is 11.1 Å². The van der Waals surface area contributed by atoms with E-state index < -0.39 is 9.03 Å². The number of hydrogen-bond donors (Lipinski definition) is 3. The molecule has 1 aliphatic heterocycles. The minimum atomic E-state index is -0.543. The monoisotopic (exact) mass is 299 g/mol. The molecule has 10 heteroatoms. The zero-order valence-corrected chi connectivity index (χ0v) is 11.4. The highest BCUT2D eigenvalue weighted by Crippen LogP contribution is 2.30. The Balaban J connectivity index is 1.87. The van der Waals surface area contributed by atoms with E-state index in [1.54, 1.807) is 4.57 Å².